The molecule has 0 saturated heterocycles. The first-order valence-corrected chi connectivity index (χ1v) is 14.6. The van der Waals surface area contributed by atoms with Gasteiger partial charge in [0.2, 0.25) is 0 Å². The van der Waals surface area contributed by atoms with Crippen LogP contribution in [0.15, 0.2) is 135 Å². The number of furan rings is 2. The predicted molar refractivity (Wildman–Crippen MR) is 174 cm³/mol. The van der Waals surface area contributed by atoms with Crippen molar-refractivity contribution in [3.63, 3.8) is 0 Å². The molecule has 0 radical (unpaired) electrons. The largest absolute Gasteiger partial charge is 0.456 e. The van der Waals surface area contributed by atoms with E-state index < -0.39 is 5.92 Å². The Morgan fingerprint density at radius 3 is 1.93 bits per heavy atom. The zero-order valence-electron chi connectivity index (χ0n) is 23.2. The molecular formula is C39H21NO4. The van der Waals surface area contributed by atoms with Crippen LogP contribution in [0.4, 0.5) is 0 Å². The van der Waals surface area contributed by atoms with Crippen LogP contribution in [0, 0.1) is 0 Å². The number of ketones is 1. The highest BCUT2D eigenvalue weighted by atomic mass is 16.3. The first-order valence-electron chi connectivity index (χ1n) is 14.6. The maximum absolute atomic E-state index is 14.3. The molecule has 0 fully saturated rings. The van der Waals surface area contributed by atoms with Crippen LogP contribution in [-0.2, 0) is 0 Å². The van der Waals surface area contributed by atoms with Gasteiger partial charge in [-0.25, -0.2) is 0 Å². The Labute approximate surface area is 249 Å². The first kappa shape index (κ1) is 23.6. The fraction of sp³-hybridized carbons (Fsp3) is 0.0256. The number of para-hydroxylation sites is 2. The number of Topliss-reactive ketones (excluding diaryl/α,β-unsaturated/α-hetero) is 1. The van der Waals surface area contributed by atoms with Gasteiger partial charge in [-0.05, 0) is 65.7 Å². The van der Waals surface area contributed by atoms with Crippen LogP contribution >= 0.6 is 0 Å². The second kappa shape index (κ2) is 8.33. The highest BCUT2D eigenvalue weighted by molar-refractivity contribution is 6.25. The summed E-state index contributed by atoms with van der Waals surface area (Å²) in [6.07, 6.45) is 0. The smallest absolute Gasteiger partial charge is 0.263 e. The van der Waals surface area contributed by atoms with Gasteiger partial charge >= 0.3 is 0 Å². The van der Waals surface area contributed by atoms with Crippen molar-refractivity contribution in [2.45, 2.75) is 5.92 Å². The van der Waals surface area contributed by atoms with Crippen LogP contribution in [0.5, 0.6) is 0 Å². The monoisotopic (exact) mass is 567 g/mol. The third kappa shape index (κ3) is 2.98. The van der Waals surface area contributed by atoms with E-state index in [-0.39, 0.29) is 11.3 Å². The maximum Gasteiger partial charge on any atom is 0.263 e. The van der Waals surface area contributed by atoms with Gasteiger partial charge in [-0.3, -0.25) is 14.2 Å². The van der Waals surface area contributed by atoms with E-state index in [4.69, 9.17) is 8.83 Å². The number of hydrogen-bond acceptors (Lipinski definition) is 4. The van der Waals surface area contributed by atoms with Crippen LogP contribution in [0.25, 0.3) is 71.2 Å². The molecule has 206 valence electrons. The minimum absolute atomic E-state index is 0.00816. The molecule has 1 atom stereocenters. The number of rotatable bonds is 2. The standard InChI is InChI=1S/C39H21NO4/c41-38-26-10-5-11-27-36(26)37-25(35(38)21-15-17-33-28(19-21)23-7-1-3-13-31(23)43-33)9-6-12-30(37)40(39(27)42)22-16-18-34-29(20-22)24-8-2-4-14-32(24)44-34/h1-20,35H. The molecule has 1 aliphatic carbocycles. The van der Waals surface area contributed by atoms with E-state index in [1.165, 1.54) is 0 Å². The molecule has 10 rings (SSSR count). The Morgan fingerprint density at radius 1 is 0.523 bits per heavy atom. The molecule has 0 amide bonds. The zero-order valence-corrected chi connectivity index (χ0v) is 23.2. The van der Waals surface area contributed by atoms with Crippen LogP contribution in [0.1, 0.15) is 27.4 Å². The number of pyridine rings is 1. The van der Waals surface area contributed by atoms with Gasteiger partial charge in [0.25, 0.3) is 5.56 Å². The van der Waals surface area contributed by atoms with Crippen LogP contribution in [-0.4, -0.2) is 10.4 Å². The van der Waals surface area contributed by atoms with Crippen molar-refractivity contribution in [1.29, 1.82) is 0 Å². The summed E-state index contributed by atoms with van der Waals surface area (Å²) in [5, 5.41) is 6.13. The second-order valence-corrected chi connectivity index (χ2v) is 11.5. The van der Waals surface area contributed by atoms with E-state index in [2.05, 4.69) is 6.07 Å². The normalized spacial score (nSPS) is 14.7. The zero-order chi connectivity index (χ0) is 29.1. The Kier molecular flexibility index (Phi) is 4.47. The minimum Gasteiger partial charge on any atom is -0.456 e. The molecular weight excluding hydrogens is 546 g/mol. The molecule has 0 N–H and O–H groups in total. The molecule has 0 bridgehead atoms. The molecule has 44 heavy (non-hydrogen) atoms. The Bertz CT molecular complexity index is 2780. The number of nitrogens with zero attached hydrogens (tertiary/aromatic N) is 1. The highest BCUT2D eigenvalue weighted by Gasteiger charge is 2.34. The molecule has 6 aromatic carbocycles. The fourth-order valence-electron chi connectivity index (χ4n) is 7.35. The summed E-state index contributed by atoms with van der Waals surface area (Å²) in [5.74, 6) is -0.535. The van der Waals surface area contributed by atoms with Gasteiger partial charge in [-0.1, -0.05) is 66.7 Å². The van der Waals surface area contributed by atoms with E-state index in [1.807, 2.05) is 115 Å². The van der Waals surface area contributed by atoms with Crippen LogP contribution in [0.2, 0.25) is 0 Å². The molecule has 0 saturated carbocycles. The topological polar surface area (TPSA) is 65.3 Å². The van der Waals surface area contributed by atoms with Gasteiger partial charge in [-0.2, -0.15) is 0 Å². The minimum atomic E-state index is -0.527. The third-order valence-electron chi connectivity index (χ3n) is 9.25. The van der Waals surface area contributed by atoms with Gasteiger partial charge in [-0.15, -0.1) is 0 Å². The Morgan fingerprint density at radius 2 is 1.16 bits per heavy atom. The summed E-state index contributed by atoms with van der Waals surface area (Å²) >= 11 is 0. The number of benzene rings is 6. The predicted octanol–water partition coefficient (Wildman–Crippen LogP) is 9.27. The van der Waals surface area contributed by atoms with Gasteiger partial charge in [0, 0.05) is 43.3 Å². The van der Waals surface area contributed by atoms with Gasteiger partial charge in [0.05, 0.1) is 17.1 Å². The van der Waals surface area contributed by atoms with Crippen molar-refractivity contribution in [1.82, 2.24) is 4.57 Å². The van der Waals surface area contributed by atoms with Crippen molar-refractivity contribution in [2.75, 3.05) is 0 Å². The fourth-order valence-corrected chi connectivity index (χ4v) is 7.35. The van der Waals surface area contributed by atoms with E-state index in [1.54, 1.807) is 4.57 Å². The number of aromatic nitrogens is 1. The van der Waals surface area contributed by atoms with Crippen molar-refractivity contribution in [3.05, 3.63) is 148 Å². The third-order valence-corrected chi connectivity index (χ3v) is 9.25. The molecule has 0 spiro atoms. The average molecular weight is 568 g/mol. The summed E-state index contributed by atoms with van der Waals surface area (Å²) < 4.78 is 13.9. The molecule has 5 heteroatoms. The molecule has 3 aromatic heterocycles. The molecule has 1 aliphatic rings. The van der Waals surface area contributed by atoms with E-state index >= 15 is 0 Å². The van der Waals surface area contributed by atoms with Gasteiger partial charge in [0.1, 0.15) is 22.3 Å². The SMILES string of the molecule is O=C1c2cccc3c(=O)n(-c4ccc5oc6ccccc6c5c4)c4cccc(c4c23)C1c1ccc2oc3ccccc3c2c1. The highest BCUT2D eigenvalue weighted by Crippen LogP contribution is 2.44. The lowest BCUT2D eigenvalue weighted by Gasteiger charge is -2.27. The Hall–Kier alpha value is -5.94. The number of carbonyl (C=O) groups excluding carboxylic acids is 1. The molecule has 0 aliphatic heterocycles. The van der Waals surface area contributed by atoms with Crippen molar-refractivity contribution in [2.24, 2.45) is 0 Å². The van der Waals surface area contributed by atoms with Crippen LogP contribution in [0.3, 0.4) is 0 Å². The number of fused-ring (bicyclic) bond motifs is 6. The lowest BCUT2D eigenvalue weighted by molar-refractivity contribution is 0.0975. The quantitative estimate of drug-likeness (QED) is 0.195. The Balaban J connectivity index is 1.28. The summed E-state index contributed by atoms with van der Waals surface area (Å²) in [4.78, 5) is 28.6. The molecule has 9 aromatic rings. The number of hydrogen-bond donors (Lipinski definition) is 0. The van der Waals surface area contributed by atoms with E-state index in [9.17, 15) is 9.59 Å². The summed E-state index contributed by atoms with van der Waals surface area (Å²) in [5.41, 5.74) is 6.91. The van der Waals surface area contributed by atoms with Crippen molar-refractivity contribution in [3.8, 4) is 5.69 Å². The van der Waals surface area contributed by atoms with E-state index in [0.717, 1.165) is 77.0 Å². The summed E-state index contributed by atoms with van der Waals surface area (Å²) in [7, 11) is 0. The van der Waals surface area contributed by atoms with Crippen molar-refractivity contribution < 1.29 is 13.6 Å². The maximum atomic E-state index is 14.3. The molecule has 1 unspecified atom stereocenters. The molecule has 3 heterocycles. The lowest BCUT2D eigenvalue weighted by atomic mass is 9.76. The van der Waals surface area contributed by atoms with Crippen molar-refractivity contribution >= 4 is 71.3 Å². The van der Waals surface area contributed by atoms with Gasteiger partial charge < -0.3 is 8.83 Å². The number of carbonyl (C=O) groups is 1. The molecule has 5 nitrogen and oxygen atoms in total. The van der Waals surface area contributed by atoms with Crippen LogP contribution < -0.4 is 5.56 Å². The lowest BCUT2D eigenvalue weighted by Crippen LogP contribution is -2.25. The first-order chi connectivity index (χ1) is 21.7. The average Bonchev–Trinajstić information content (AvgIpc) is 3.62. The summed E-state index contributed by atoms with van der Waals surface area (Å²) in [6, 6.07) is 39.3. The summed E-state index contributed by atoms with van der Waals surface area (Å²) in [6.45, 7) is 0. The van der Waals surface area contributed by atoms with Gasteiger partial charge in [0.15, 0.2) is 5.78 Å². The second-order valence-electron chi connectivity index (χ2n) is 11.5. The van der Waals surface area contributed by atoms with E-state index in [0.29, 0.717) is 10.9 Å².